The number of nitrogens with two attached hydrogens (primary N) is 1. The van der Waals surface area contributed by atoms with E-state index in [4.69, 9.17) is 10.7 Å². The number of carbonyl (C=O) groups is 2. The molecule has 9 heteroatoms. The highest BCUT2D eigenvalue weighted by Crippen LogP contribution is 2.33. The minimum atomic E-state index is -1.11. The summed E-state index contributed by atoms with van der Waals surface area (Å²) >= 11 is 0. The van der Waals surface area contributed by atoms with Gasteiger partial charge in [-0.2, -0.15) is 0 Å². The van der Waals surface area contributed by atoms with E-state index in [0.29, 0.717) is 18.2 Å². The fourth-order valence-electron chi connectivity index (χ4n) is 5.29. The van der Waals surface area contributed by atoms with Crippen LogP contribution in [0.4, 0.5) is 5.82 Å². The number of aromatic carboxylic acids is 1. The molecule has 198 valence electrons. The molecule has 1 aliphatic rings. The van der Waals surface area contributed by atoms with Crippen LogP contribution in [0.2, 0.25) is 0 Å². The number of hydrogen-bond acceptors (Lipinski definition) is 5. The number of hydrogen-bond donors (Lipinski definition) is 2. The number of nitrogens with zero attached hydrogens (tertiary/aromatic N) is 5. The van der Waals surface area contributed by atoms with Crippen LogP contribution in [0.5, 0.6) is 0 Å². The maximum atomic E-state index is 13.6. The number of anilines is 1. The van der Waals surface area contributed by atoms with E-state index >= 15 is 0 Å². The fraction of sp³-hybridized carbons (Fsp3) is 0.379. The van der Waals surface area contributed by atoms with Crippen LogP contribution < -0.4 is 10.6 Å². The summed E-state index contributed by atoms with van der Waals surface area (Å²) in [5, 5.41) is 14.6. The third-order valence-electron chi connectivity index (χ3n) is 7.48. The molecule has 1 amide bonds. The van der Waals surface area contributed by atoms with Crippen LogP contribution in [0.1, 0.15) is 62.4 Å². The first kappa shape index (κ1) is 25.7. The highest BCUT2D eigenvalue weighted by atomic mass is 16.4. The zero-order chi connectivity index (χ0) is 27.0. The van der Waals surface area contributed by atoms with Crippen LogP contribution in [-0.2, 0) is 11.3 Å². The Bertz CT molecular complexity index is 1460. The van der Waals surface area contributed by atoms with Crippen LogP contribution in [0.3, 0.4) is 0 Å². The second-order valence-electron chi connectivity index (χ2n) is 10.5. The molecule has 1 fully saturated rings. The van der Waals surface area contributed by atoms with Gasteiger partial charge in [0.2, 0.25) is 5.91 Å². The standard InChI is InChI=1S/C29H34N6O3/c1-18(2)35(28(36)21-8-6-19(3)7-9-21)27-24(29(37)38)16-34(32-27)23-12-10-20(11-13-23)25-17-33-14-4-5-22(15-30)26(33)31-25/h4-5,10-14,16-19,21H,6-9,15,30H2,1-3H3,(H,37,38)/t19-,21-. The molecule has 0 atom stereocenters. The summed E-state index contributed by atoms with van der Waals surface area (Å²) < 4.78 is 3.49. The van der Waals surface area contributed by atoms with E-state index in [1.807, 2.05) is 67.0 Å². The van der Waals surface area contributed by atoms with Gasteiger partial charge in [0.1, 0.15) is 11.2 Å². The third-order valence-corrected chi connectivity index (χ3v) is 7.48. The van der Waals surface area contributed by atoms with Crippen LogP contribution >= 0.6 is 0 Å². The lowest BCUT2D eigenvalue weighted by Gasteiger charge is -2.32. The third kappa shape index (κ3) is 4.81. The van der Waals surface area contributed by atoms with Crippen molar-refractivity contribution in [3.8, 4) is 16.9 Å². The summed E-state index contributed by atoms with van der Waals surface area (Å²) in [4.78, 5) is 32.1. The molecular weight excluding hydrogens is 480 g/mol. The number of carbonyl (C=O) groups excluding carboxylic acids is 1. The Morgan fingerprint density at radius 2 is 1.82 bits per heavy atom. The molecule has 1 saturated carbocycles. The number of imidazole rings is 1. The summed E-state index contributed by atoms with van der Waals surface area (Å²) in [7, 11) is 0. The number of rotatable bonds is 7. The Morgan fingerprint density at radius 1 is 1.11 bits per heavy atom. The van der Waals surface area contributed by atoms with Gasteiger partial charge in [-0.05, 0) is 63.6 Å². The Labute approximate surface area is 221 Å². The number of amides is 1. The lowest BCUT2D eigenvalue weighted by Crippen LogP contribution is -2.43. The lowest BCUT2D eigenvalue weighted by atomic mass is 9.82. The SMILES string of the molecule is CC(C)N(c1nn(-c2ccc(-c3cn4cccc(CN)c4n3)cc2)cc1C(=O)O)C(=O)[C@H]1CC[C@H](C)CC1. The molecule has 0 spiro atoms. The Balaban J connectivity index is 1.46. The van der Waals surface area contributed by atoms with Crippen LogP contribution in [0.15, 0.2) is 55.0 Å². The molecule has 3 N–H and O–H groups in total. The first-order valence-corrected chi connectivity index (χ1v) is 13.2. The van der Waals surface area contributed by atoms with E-state index in [0.717, 1.165) is 48.2 Å². The van der Waals surface area contributed by atoms with Crippen molar-refractivity contribution in [1.82, 2.24) is 19.2 Å². The van der Waals surface area contributed by atoms with Crippen molar-refractivity contribution in [2.24, 2.45) is 17.6 Å². The number of carboxylic acid groups (broad SMARTS) is 1. The molecule has 38 heavy (non-hydrogen) atoms. The molecule has 0 radical (unpaired) electrons. The minimum absolute atomic E-state index is 0.00923. The number of benzene rings is 1. The molecule has 1 aromatic carbocycles. The zero-order valence-corrected chi connectivity index (χ0v) is 22.0. The Hall–Kier alpha value is -3.98. The molecule has 5 rings (SSSR count). The van der Waals surface area contributed by atoms with Crippen molar-refractivity contribution in [2.75, 3.05) is 4.90 Å². The van der Waals surface area contributed by atoms with E-state index in [9.17, 15) is 14.7 Å². The summed E-state index contributed by atoms with van der Waals surface area (Å²) in [5.41, 5.74) is 10.1. The van der Waals surface area contributed by atoms with Crippen LogP contribution in [0.25, 0.3) is 22.6 Å². The van der Waals surface area contributed by atoms with Crippen molar-refractivity contribution in [1.29, 1.82) is 0 Å². The van der Waals surface area contributed by atoms with Gasteiger partial charge in [-0.15, -0.1) is 5.10 Å². The van der Waals surface area contributed by atoms with Crippen LogP contribution in [-0.4, -0.2) is 42.2 Å². The van der Waals surface area contributed by atoms with E-state index in [1.54, 1.807) is 4.90 Å². The van der Waals surface area contributed by atoms with Gasteiger partial charge in [0.05, 0.1) is 11.4 Å². The van der Waals surface area contributed by atoms with Crippen molar-refractivity contribution < 1.29 is 14.7 Å². The summed E-state index contributed by atoms with van der Waals surface area (Å²) in [6.07, 6.45) is 9.04. The summed E-state index contributed by atoms with van der Waals surface area (Å²) in [6.45, 7) is 6.41. The van der Waals surface area contributed by atoms with Crippen LogP contribution in [0, 0.1) is 11.8 Å². The lowest BCUT2D eigenvalue weighted by molar-refractivity contribution is -0.124. The summed E-state index contributed by atoms with van der Waals surface area (Å²) in [5.74, 6) is -0.455. The van der Waals surface area contributed by atoms with Crippen molar-refractivity contribution >= 4 is 23.3 Å². The van der Waals surface area contributed by atoms with E-state index in [2.05, 4.69) is 12.0 Å². The second kappa shape index (κ2) is 10.4. The minimum Gasteiger partial charge on any atom is -0.477 e. The summed E-state index contributed by atoms with van der Waals surface area (Å²) in [6, 6.07) is 11.3. The molecular formula is C29H34N6O3. The Morgan fingerprint density at radius 3 is 2.45 bits per heavy atom. The first-order chi connectivity index (χ1) is 18.3. The average molecular weight is 515 g/mol. The quantitative estimate of drug-likeness (QED) is 0.362. The van der Waals surface area contributed by atoms with Gasteiger partial charge in [-0.3, -0.25) is 9.69 Å². The highest BCUT2D eigenvalue weighted by molar-refractivity contribution is 6.01. The van der Waals surface area contributed by atoms with Crippen molar-refractivity contribution in [2.45, 2.75) is 59.0 Å². The number of aromatic nitrogens is 4. The number of fused-ring (bicyclic) bond motifs is 1. The van der Waals surface area contributed by atoms with E-state index in [-0.39, 0.29) is 29.2 Å². The molecule has 1 aliphatic carbocycles. The molecule has 0 saturated heterocycles. The molecule has 3 heterocycles. The zero-order valence-electron chi connectivity index (χ0n) is 22.0. The van der Waals surface area contributed by atoms with Gasteiger partial charge >= 0.3 is 5.97 Å². The number of carboxylic acids is 1. The molecule has 0 bridgehead atoms. The van der Waals surface area contributed by atoms with E-state index in [1.165, 1.54) is 10.9 Å². The second-order valence-corrected chi connectivity index (χ2v) is 10.5. The highest BCUT2D eigenvalue weighted by Gasteiger charge is 2.34. The molecule has 0 unspecified atom stereocenters. The predicted octanol–water partition coefficient (Wildman–Crippen LogP) is 4.91. The van der Waals surface area contributed by atoms with Crippen molar-refractivity contribution in [3.05, 3.63) is 66.1 Å². The monoisotopic (exact) mass is 514 g/mol. The molecule has 9 nitrogen and oxygen atoms in total. The predicted molar refractivity (Wildman–Crippen MR) is 146 cm³/mol. The van der Waals surface area contributed by atoms with Gasteiger partial charge in [-0.25, -0.2) is 14.5 Å². The first-order valence-electron chi connectivity index (χ1n) is 13.2. The van der Waals surface area contributed by atoms with E-state index < -0.39 is 5.97 Å². The smallest absolute Gasteiger partial charge is 0.341 e. The van der Waals surface area contributed by atoms with Gasteiger partial charge < -0.3 is 15.2 Å². The van der Waals surface area contributed by atoms with Gasteiger partial charge in [0, 0.05) is 48.2 Å². The Kier molecular flexibility index (Phi) is 7.03. The van der Waals surface area contributed by atoms with Gasteiger partial charge in [0.25, 0.3) is 0 Å². The maximum Gasteiger partial charge on any atom is 0.341 e. The topological polar surface area (TPSA) is 119 Å². The number of pyridine rings is 1. The van der Waals surface area contributed by atoms with Crippen molar-refractivity contribution in [3.63, 3.8) is 0 Å². The average Bonchev–Trinajstić information content (AvgIpc) is 3.54. The fourth-order valence-corrected chi connectivity index (χ4v) is 5.29. The molecule has 3 aromatic heterocycles. The van der Waals surface area contributed by atoms with Gasteiger partial charge in [0.15, 0.2) is 5.82 Å². The largest absolute Gasteiger partial charge is 0.477 e. The normalized spacial score (nSPS) is 17.7. The maximum absolute atomic E-state index is 13.6. The molecule has 4 aromatic rings. The molecule has 0 aliphatic heterocycles. The van der Waals surface area contributed by atoms with Gasteiger partial charge in [-0.1, -0.05) is 25.1 Å².